The van der Waals surface area contributed by atoms with Crippen molar-refractivity contribution in [3.8, 4) is 11.5 Å². The van der Waals surface area contributed by atoms with E-state index in [0.717, 1.165) is 44.1 Å². The molecule has 1 saturated heterocycles. The van der Waals surface area contributed by atoms with Crippen molar-refractivity contribution < 1.29 is 23.0 Å². The van der Waals surface area contributed by atoms with Gasteiger partial charge in [0.2, 0.25) is 0 Å². The van der Waals surface area contributed by atoms with Crippen molar-refractivity contribution in [2.24, 2.45) is 5.92 Å². The van der Waals surface area contributed by atoms with Gasteiger partial charge in [0.05, 0.1) is 17.2 Å². The van der Waals surface area contributed by atoms with E-state index in [2.05, 4.69) is 4.90 Å². The third-order valence-electron chi connectivity index (χ3n) is 4.87. The molecule has 0 bridgehead atoms. The highest BCUT2D eigenvalue weighted by Gasteiger charge is 2.33. The number of nitrogens with zero attached hydrogens (tertiary/aromatic N) is 1. The van der Waals surface area contributed by atoms with Crippen LogP contribution in [0.25, 0.3) is 0 Å². The predicted molar refractivity (Wildman–Crippen MR) is 99.6 cm³/mol. The zero-order valence-electron chi connectivity index (χ0n) is 14.7. The molecule has 1 N–H and O–H groups in total. The van der Waals surface area contributed by atoms with E-state index in [9.17, 15) is 18.3 Å². The number of aromatic hydroxyl groups is 1. The Balaban J connectivity index is 1.46. The molecule has 3 rings (SSSR count). The first-order valence-corrected chi connectivity index (χ1v) is 9.24. The summed E-state index contributed by atoms with van der Waals surface area (Å²) < 4.78 is 44.2. The number of benzene rings is 2. The Bertz CT molecular complexity index is 757. The van der Waals surface area contributed by atoms with Gasteiger partial charge in [0.25, 0.3) is 0 Å². The highest BCUT2D eigenvalue weighted by Crippen LogP contribution is 2.37. The van der Waals surface area contributed by atoms with Crippen molar-refractivity contribution >= 4 is 17.3 Å². The smallest absolute Gasteiger partial charge is 0.417 e. The molecule has 1 heterocycles. The second-order valence-electron chi connectivity index (χ2n) is 6.72. The van der Waals surface area contributed by atoms with E-state index in [0.29, 0.717) is 12.5 Å². The summed E-state index contributed by atoms with van der Waals surface area (Å²) in [6.07, 6.45) is -1.69. The molecule has 1 fully saturated rings. The maximum atomic E-state index is 12.9. The summed E-state index contributed by atoms with van der Waals surface area (Å²) in [7, 11) is 0. The second kappa shape index (κ2) is 8.30. The molecule has 0 aromatic heterocycles. The van der Waals surface area contributed by atoms with Gasteiger partial charge in [-0.1, -0.05) is 11.6 Å². The summed E-state index contributed by atoms with van der Waals surface area (Å²) in [4.78, 5) is 2.27. The standard InChI is InChI=1S/C20H21ClF3NO2/c21-19-6-5-17(13-18(19)20(22,23)24)27-12-9-14-7-10-25(11-8-14)15-1-3-16(26)4-2-15/h1-6,13-14,26H,7-12H2. The maximum absolute atomic E-state index is 12.9. The molecule has 7 heteroatoms. The lowest BCUT2D eigenvalue weighted by molar-refractivity contribution is -0.137. The van der Waals surface area contributed by atoms with Gasteiger partial charge in [0.15, 0.2) is 0 Å². The highest BCUT2D eigenvalue weighted by atomic mass is 35.5. The monoisotopic (exact) mass is 399 g/mol. The lowest BCUT2D eigenvalue weighted by Gasteiger charge is -2.33. The van der Waals surface area contributed by atoms with Gasteiger partial charge in [-0.25, -0.2) is 0 Å². The molecule has 0 aliphatic carbocycles. The van der Waals surface area contributed by atoms with Crippen LogP contribution in [0.3, 0.4) is 0 Å². The van der Waals surface area contributed by atoms with Crippen molar-refractivity contribution in [2.45, 2.75) is 25.4 Å². The number of phenolic OH excluding ortho intramolecular Hbond substituents is 1. The van der Waals surface area contributed by atoms with Crippen LogP contribution in [-0.4, -0.2) is 24.8 Å². The molecular weight excluding hydrogens is 379 g/mol. The molecule has 146 valence electrons. The van der Waals surface area contributed by atoms with E-state index in [-0.39, 0.29) is 16.5 Å². The number of hydrogen-bond donors (Lipinski definition) is 1. The summed E-state index contributed by atoms with van der Waals surface area (Å²) >= 11 is 5.62. The van der Waals surface area contributed by atoms with Gasteiger partial charge in [-0.3, -0.25) is 0 Å². The molecule has 0 unspecified atom stereocenters. The summed E-state index contributed by atoms with van der Waals surface area (Å²) in [5.74, 6) is 0.919. The van der Waals surface area contributed by atoms with Gasteiger partial charge in [0.1, 0.15) is 11.5 Å². The molecule has 1 aliphatic heterocycles. The Kier molecular flexibility index (Phi) is 6.05. The van der Waals surface area contributed by atoms with Crippen LogP contribution < -0.4 is 9.64 Å². The van der Waals surface area contributed by atoms with Gasteiger partial charge in [-0.15, -0.1) is 0 Å². The Hall–Kier alpha value is -2.08. The zero-order valence-corrected chi connectivity index (χ0v) is 15.4. The molecule has 2 aromatic carbocycles. The molecule has 0 spiro atoms. The third-order valence-corrected chi connectivity index (χ3v) is 5.20. The van der Waals surface area contributed by atoms with E-state index < -0.39 is 11.7 Å². The van der Waals surface area contributed by atoms with Crippen molar-refractivity contribution in [3.63, 3.8) is 0 Å². The Morgan fingerprint density at radius 1 is 1.07 bits per heavy atom. The van der Waals surface area contributed by atoms with Crippen LogP contribution in [-0.2, 0) is 6.18 Å². The molecule has 2 aromatic rings. The number of alkyl halides is 3. The van der Waals surface area contributed by atoms with Gasteiger partial charge < -0.3 is 14.7 Å². The van der Waals surface area contributed by atoms with Gasteiger partial charge in [0, 0.05) is 18.8 Å². The van der Waals surface area contributed by atoms with Crippen LogP contribution in [0, 0.1) is 5.92 Å². The molecule has 0 atom stereocenters. The van der Waals surface area contributed by atoms with Crippen molar-refractivity contribution in [2.75, 3.05) is 24.6 Å². The summed E-state index contributed by atoms with van der Waals surface area (Å²) in [6, 6.07) is 10.8. The first-order chi connectivity index (χ1) is 12.8. The number of anilines is 1. The third kappa shape index (κ3) is 5.22. The number of piperidine rings is 1. The first-order valence-electron chi connectivity index (χ1n) is 8.86. The van der Waals surface area contributed by atoms with Crippen LogP contribution in [0.15, 0.2) is 42.5 Å². The number of ether oxygens (including phenoxy) is 1. The summed E-state index contributed by atoms with van der Waals surface area (Å²) in [5.41, 5.74) is 0.215. The van der Waals surface area contributed by atoms with E-state index in [4.69, 9.17) is 16.3 Å². The molecular formula is C20H21ClF3NO2. The molecule has 27 heavy (non-hydrogen) atoms. The minimum absolute atomic E-state index is 0.188. The molecule has 1 aliphatic rings. The van der Waals surface area contributed by atoms with Crippen LogP contribution in [0.4, 0.5) is 18.9 Å². The quantitative estimate of drug-likeness (QED) is 0.694. The fourth-order valence-corrected chi connectivity index (χ4v) is 3.52. The van der Waals surface area contributed by atoms with Crippen LogP contribution in [0.5, 0.6) is 11.5 Å². The van der Waals surface area contributed by atoms with E-state index in [1.165, 1.54) is 12.1 Å². The van der Waals surface area contributed by atoms with E-state index in [1.807, 2.05) is 12.1 Å². The zero-order chi connectivity index (χ0) is 19.4. The average Bonchev–Trinajstić information content (AvgIpc) is 2.63. The normalized spacial score (nSPS) is 15.8. The summed E-state index contributed by atoms with van der Waals surface area (Å²) in [6.45, 7) is 2.20. The lowest BCUT2D eigenvalue weighted by atomic mass is 9.93. The van der Waals surface area contributed by atoms with Crippen LogP contribution in [0.2, 0.25) is 5.02 Å². The SMILES string of the molecule is Oc1ccc(N2CCC(CCOc3ccc(Cl)c(C(F)(F)F)c3)CC2)cc1. The van der Waals surface area contributed by atoms with Crippen molar-refractivity contribution in [1.29, 1.82) is 0 Å². The van der Waals surface area contributed by atoms with Gasteiger partial charge >= 0.3 is 6.18 Å². The minimum Gasteiger partial charge on any atom is -0.508 e. The van der Waals surface area contributed by atoms with Gasteiger partial charge in [-0.05, 0) is 67.6 Å². The Morgan fingerprint density at radius 3 is 2.37 bits per heavy atom. The van der Waals surface area contributed by atoms with Crippen LogP contribution >= 0.6 is 11.6 Å². The molecule has 0 saturated carbocycles. The number of rotatable bonds is 5. The van der Waals surface area contributed by atoms with Crippen molar-refractivity contribution in [3.05, 3.63) is 53.1 Å². The highest BCUT2D eigenvalue weighted by molar-refractivity contribution is 6.31. The van der Waals surface area contributed by atoms with Crippen molar-refractivity contribution in [1.82, 2.24) is 0 Å². The second-order valence-corrected chi connectivity index (χ2v) is 7.13. The first kappa shape index (κ1) is 19.7. The Morgan fingerprint density at radius 2 is 1.74 bits per heavy atom. The van der Waals surface area contributed by atoms with E-state index >= 15 is 0 Å². The average molecular weight is 400 g/mol. The van der Waals surface area contributed by atoms with Crippen LogP contribution in [0.1, 0.15) is 24.8 Å². The number of hydrogen-bond acceptors (Lipinski definition) is 3. The fraction of sp³-hybridized carbons (Fsp3) is 0.400. The predicted octanol–water partition coefficient (Wildman–Crippen LogP) is 5.75. The number of halogens is 4. The summed E-state index contributed by atoms with van der Waals surface area (Å²) in [5, 5.41) is 9.04. The molecule has 0 radical (unpaired) electrons. The number of phenols is 1. The lowest BCUT2D eigenvalue weighted by Crippen LogP contribution is -2.34. The Labute approximate surface area is 161 Å². The molecule has 0 amide bonds. The van der Waals surface area contributed by atoms with E-state index in [1.54, 1.807) is 12.1 Å². The largest absolute Gasteiger partial charge is 0.508 e. The fourth-order valence-electron chi connectivity index (χ4n) is 3.30. The minimum atomic E-state index is -4.49. The maximum Gasteiger partial charge on any atom is 0.417 e. The topological polar surface area (TPSA) is 32.7 Å². The van der Waals surface area contributed by atoms with Gasteiger partial charge in [-0.2, -0.15) is 13.2 Å². The molecule has 3 nitrogen and oxygen atoms in total.